The predicted molar refractivity (Wildman–Crippen MR) is 34.8 cm³/mol. The van der Waals surface area contributed by atoms with E-state index >= 15 is 0 Å². The Labute approximate surface area is 67.3 Å². The molecule has 0 aromatic heterocycles. The molecule has 0 saturated heterocycles. The van der Waals surface area contributed by atoms with Crippen LogP contribution in [0, 0.1) is 0 Å². The normalized spacial score (nSPS) is 35.2. The average molecular weight is 176 g/mol. The molecule has 3 atom stereocenters. The molecule has 0 spiro atoms. The number of rotatable bonds is 1. The van der Waals surface area contributed by atoms with Crippen molar-refractivity contribution in [3.05, 3.63) is 11.8 Å². The van der Waals surface area contributed by atoms with Crippen molar-refractivity contribution in [3.63, 3.8) is 0 Å². The predicted octanol–water partition coefficient (Wildman–Crippen LogP) is -1.97. The number of ether oxygens (including phenoxy) is 1. The Hall–Kier alpha value is -1.11. The number of carboxylic acids is 1. The molecule has 0 fully saturated rings. The molecule has 0 saturated carbocycles. The van der Waals surface area contributed by atoms with Gasteiger partial charge < -0.3 is 25.2 Å². The van der Waals surface area contributed by atoms with Gasteiger partial charge in [0, 0.05) is 0 Å². The Morgan fingerprint density at radius 3 is 2.42 bits per heavy atom. The first-order valence-electron chi connectivity index (χ1n) is 3.18. The van der Waals surface area contributed by atoms with Gasteiger partial charge in [0.2, 0.25) is 12.0 Å². The highest BCUT2D eigenvalue weighted by molar-refractivity contribution is 5.84. The van der Waals surface area contributed by atoms with Crippen LogP contribution in [0.15, 0.2) is 11.8 Å². The number of carboxylic acid groups (broad SMARTS) is 1. The number of hydrogen-bond donors (Lipinski definition) is 4. The summed E-state index contributed by atoms with van der Waals surface area (Å²) in [5.74, 6) is -1.97. The number of carbonyl (C=O) groups is 1. The highest BCUT2D eigenvalue weighted by Gasteiger charge is 2.32. The molecule has 1 aliphatic rings. The van der Waals surface area contributed by atoms with E-state index in [1.165, 1.54) is 0 Å². The van der Waals surface area contributed by atoms with Crippen LogP contribution < -0.4 is 0 Å². The van der Waals surface area contributed by atoms with Gasteiger partial charge in [-0.1, -0.05) is 0 Å². The van der Waals surface area contributed by atoms with Gasteiger partial charge >= 0.3 is 5.97 Å². The lowest BCUT2D eigenvalue weighted by Crippen LogP contribution is -2.42. The van der Waals surface area contributed by atoms with Crippen molar-refractivity contribution in [1.29, 1.82) is 0 Å². The largest absolute Gasteiger partial charge is 0.475 e. The van der Waals surface area contributed by atoms with Gasteiger partial charge in [0.1, 0.15) is 12.2 Å². The van der Waals surface area contributed by atoms with E-state index in [4.69, 9.17) is 20.4 Å². The van der Waals surface area contributed by atoms with Crippen molar-refractivity contribution < 1.29 is 30.0 Å². The van der Waals surface area contributed by atoms with E-state index in [0.29, 0.717) is 0 Å². The molecule has 68 valence electrons. The van der Waals surface area contributed by atoms with Crippen molar-refractivity contribution in [2.75, 3.05) is 0 Å². The summed E-state index contributed by atoms with van der Waals surface area (Å²) in [4.78, 5) is 10.3. The quantitative estimate of drug-likeness (QED) is 0.369. The van der Waals surface area contributed by atoms with Gasteiger partial charge in [-0.3, -0.25) is 0 Å². The van der Waals surface area contributed by atoms with Gasteiger partial charge in [-0.25, -0.2) is 4.79 Å². The van der Waals surface area contributed by atoms with Crippen LogP contribution in [0.5, 0.6) is 0 Å². The zero-order valence-corrected chi connectivity index (χ0v) is 5.91. The molecule has 0 aromatic rings. The molecular formula is C6H8O6. The molecular weight excluding hydrogens is 168 g/mol. The Kier molecular flexibility index (Phi) is 2.32. The van der Waals surface area contributed by atoms with Crippen LogP contribution >= 0.6 is 0 Å². The molecule has 0 aromatic carbocycles. The van der Waals surface area contributed by atoms with E-state index in [0.717, 1.165) is 6.08 Å². The summed E-state index contributed by atoms with van der Waals surface area (Å²) >= 11 is 0. The Morgan fingerprint density at radius 1 is 1.42 bits per heavy atom. The molecule has 0 aliphatic carbocycles. The maximum absolute atomic E-state index is 10.3. The monoisotopic (exact) mass is 176 g/mol. The van der Waals surface area contributed by atoms with Gasteiger partial charge in [0.25, 0.3) is 0 Å². The fourth-order valence-corrected chi connectivity index (χ4v) is 0.783. The summed E-state index contributed by atoms with van der Waals surface area (Å²) in [5.41, 5.74) is 0. The molecule has 1 rings (SSSR count). The van der Waals surface area contributed by atoms with Crippen LogP contribution in [0.4, 0.5) is 0 Å². The minimum absolute atomic E-state index is 0.569. The van der Waals surface area contributed by atoms with Crippen molar-refractivity contribution in [2.24, 2.45) is 0 Å². The van der Waals surface area contributed by atoms with Gasteiger partial charge in [-0.2, -0.15) is 0 Å². The van der Waals surface area contributed by atoms with Crippen LogP contribution in [0.3, 0.4) is 0 Å². The number of aliphatic hydroxyl groups is 3. The molecule has 6 nitrogen and oxygen atoms in total. The zero-order chi connectivity index (χ0) is 9.30. The zero-order valence-electron chi connectivity index (χ0n) is 5.91. The molecule has 6 heteroatoms. The lowest BCUT2D eigenvalue weighted by atomic mass is 10.1. The lowest BCUT2D eigenvalue weighted by molar-refractivity contribution is -0.183. The third-order valence-electron chi connectivity index (χ3n) is 1.42. The van der Waals surface area contributed by atoms with Crippen molar-refractivity contribution >= 4 is 5.97 Å². The van der Waals surface area contributed by atoms with Gasteiger partial charge in [-0.15, -0.1) is 0 Å². The molecule has 0 radical (unpaired) electrons. The molecule has 4 N–H and O–H groups in total. The first-order chi connectivity index (χ1) is 5.52. The third kappa shape index (κ3) is 1.55. The Morgan fingerprint density at radius 2 is 2.00 bits per heavy atom. The summed E-state index contributed by atoms with van der Waals surface area (Å²) in [5, 5.41) is 35.0. The molecule has 12 heavy (non-hydrogen) atoms. The second-order valence-electron chi connectivity index (χ2n) is 2.33. The number of aliphatic hydroxyl groups excluding tert-OH is 3. The van der Waals surface area contributed by atoms with E-state index in [9.17, 15) is 4.79 Å². The SMILES string of the molecule is O=C(O)C1=C[C@H](O)[C@@H](O)[C@H](O)O1. The number of hydrogen-bond acceptors (Lipinski definition) is 5. The van der Waals surface area contributed by atoms with E-state index in [1.807, 2.05) is 0 Å². The summed E-state index contributed by atoms with van der Waals surface area (Å²) in [6, 6.07) is 0. The van der Waals surface area contributed by atoms with Crippen molar-refractivity contribution in [2.45, 2.75) is 18.5 Å². The third-order valence-corrected chi connectivity index (χ3v) is 1.42. The Bertz CT molecular complexity index is 222. The van der Waals surface area contributed by atoms with E-state index in [2.05, 4.69) is 4.74 Å². The Balaban J connectivity index is 2.81. The summed E-state index contributed by atoms with van der Waals surface area (Å²) in [6.45, 7) is 0. The maximum atomic E-state index is 10.3. The lowest BCUT2D eigenvalue weighted by Gasteiger charge is -2.26. The standard InChI is InChI=1S/C6H8O6/c7-2-1-3(5(9)10)12-6(11)4(2)8/h1-2,4,6-8,11H,(H,9,10)/t2-,4+,6+/m0/s1. The second-order valence-corrected chi connectivity index (χ2v) is 2.33. The van der Waals surface area contributed by atoms with E-state index < -0.39 is 30.2 Å². The van der Waals surface area contributed by atoms with Crippen molar-refractivity contribution in [3.8, 4) is 0 Å². The minimum Gasteiger partial charge on any atom is -0.475 e. The van der Waals surface area contributed by atoms with E-state index in [-0.39, 0.29) is 0 Å². The van der Waals surface area contributed by atoms with E-state index in [1.54, 1.807) is 0 Å². The number of aliphatic carboxylic acids is 1. The van der Waals surface area contributed by atoms with Crippen LogP contribution in [-0.2, 0) is 9.53 Å². The van der Waals surface area contributed by atoms with Crippen LogP contribution in [-0.4, -0.2) is 44.9 Å². The highest BCUT2D eigenvalue weighted by Crippen LogP contribution is 2.16. The average Bonchev–Trinajstić information content (AvgIpc) is 1.99. The molecule has 1 heterocycles. The highest BCUT2D eigenvalue weighted by atomic mass is 16.6. The van der Waals surface area contributed by atoms with Crippen LogP contribution in [0.25, 0.3) is 0 Å². The maximum Gasteiger partial charge on any atom is 0.371 e. The van der Waals surface area contributed by atoms with Gasteiger partial charge in [-0.05, 0) is 6.08 Å². The molecule has 0 bridgehead atoms. The first-order valence-corrected chi connectivity index (χ1v) is 3.18. The summed E-state index contributed by atoms with van der Waals surface area (Å²) in [7, 11) is 0. The molecule has 0 amide bonds. The topological polar surface area (TPSA) is 107 Å². The van der Waals surface area contributed by atoms with Gasteiger partial charge in [0.15, 0.2) is 0 Å². The molecule has 1 aliphatic heterocycles. The summed E-state index contributed by atoms with van der Waals surface area (Å²) < 4.78 is 4.34. The second kappa shape index (κ2) is 3.10. The van der Waals surface area contributed by atoms with Gasteiger partial charge in [0.05, 0.1) is 0 Å². The van der Waals surface area contributed by atoms with Crippen LogP contribution in [0.2, 0.25) is 0 Å². The fraction of sp³-hybridized carbons (Fsp3) is 0.500. The smallest absolute Gasteiger partial charge is 0.371 e. The fourth-order valence-electron chi connectivity index (χ4n) is 0.783. The summed E-state index contributed by atoms with van der Waals surface area (Å²) in [6.07, 6.45) is -3.80. The molecule has 0 unspecified atom stereocenters. The minimum atomic E-state index is -1.70. The first kappa shape index (κ1) is 8.98. The van der Waals surface area contributed by atoms with Crippen LogP contribution in [0.1, 0.15) is 0 Å². The van der Waals surface area contributed by atoms with Crippen molar-refractivity contribution in [1.82, 2.24) is 0 Å².